The Bertz CT molecular complexity index is 4260. The van der Waals surface area contributed by atoms with Crippen molar-refractivity contribution in [2.75, 3.05) is 0 Å². The molecular formula is C86H97ClO16. The van der Waals surface area contributed by atoms with Gasteiger partial charge in [0.15, 0.2) is 0 Å². The number of phenolic OH excluding ortho intramolecular Hbond substituents is 2. The first kappa shape index (κ1) is 84.2. The van der Waals surface area contributed by atoms with Crippen LogP contribution in [0.15, 0.2) is 208 Å². The zero-order valence-electron chi connectivity index (χ0n) is 60.4. The molecule has 10 N–H and O–H groups in total. The van der Waals surface area contributed by atoms with Gasteiger partial charge in [0.1, 0.15) is 81.5 Å². The van der Waals surface area contributed by atoms with Gasteiger partial charge in [0, 0.05) is 22.6 Å². The molecule has 544 valence electrons. The van der Waals surface area contributed by atoms with Gasteiger partial charge >= 0.3 is 23.9 Å². The van der Waals surface area contributed by atoms with Gasteiger partial charge in [-0.25, -0.2) is 19.2 Å². The number of benzene rings is 9. The Kier molecular flexibility index (Phi) is 32.4. The first-order chi connectivity index (χ1) is 48.4. The second kappa shape index (κ2) is 39.7. The van der Waals surface area contributed by atoms with Gasteiger partial charge in [-0.05, 0) is 146 Å². The minimum atomic E-state index is -1.27. The average molecular weight is 1420 g/mol. The minimum absolute atomic E-state index is 0.141. The largest absolute Gasteiger partial charge is 0.508 e. The van der Waals surface area contributed by atoms with Crippen molar-refractivity contribution in [1.29, 1.82) is 0 Å². The van der Waals surface area contributed by atoms with E-state index < -0.39 is 40.1 Å². The second-order valence-electron chi connectivity index (χ2n) is 27.2. The highest BCUT2D eigenvalue weighted by molar-refractivity contribution is 6.17. The number of ether oxygens (including phenoxy) is 2. The Hall–Kier alpha value is -11.2. The fourth-order valence-electron chi connectivity index (χ4n) is 10.2. The summed E-state index contributed by atoms with van der Waals surface area (Å²) in [5, 5.41) is 93.5. The lowest BCUT2D eigenvalue weighted by atomic mass is 9.85. The molecule has 0 aromatic heterocycles. The van der Waals surface area contributed by atoms with Crippen LogP contribution in [0.4, 0.5) is 0 Å². The van der Waals surface area contributed by atoms with E-state index in [-0.39, 0.29) is 56.8 Å². The molecular weight excluding hydrogens is 1320 g/mol. The summed E-state index contributed by atoms with van der Waals surface area (Å²) in [6.07, 6.45) is 8.85. The molecule has 103 heavy (non-hydrogen) atoms. The third kappa shape index (κ3) is 27.0. The molecule has 17 heteroatoms. The van der Waals surface area contributed by atoms with E-state index in [2.05, 4.69) is 88.2 Å². The third-order valence-electron chi connectivity index (χ3n) is 16.3. The Labute approximate surface area is 610 Å². The highest BCUT2D eigenvalue weighted by Gasteiger charge is 2.27. The fraction of sp³-hybridized carbons (Fsp3) is 0.256. The molecule has 9 aromatic rings. The number of alkyl halides is 1. The first-order valence-corrected chi connectivity index (χ1v) is 33.8. The number of carboxylic acids is 4. The van der Waals surface area contributed by atoms with Crippen LogP contribution in [0.1, 0.15) is 210 Å². The molecule has 0 saturated heterocycles. The number of halogens is 1. The van der Waals surface area contributed by atoms with Crippen molar-refractivity contribution in [3.63, 3.8) is 0 Å². The summed E-state index contributed by atoms with van der Waals surface area (Å²) < 4.78 is 11.7. The van der Waals surface area contributed by atoms with E-state index in [1.54, 1.807) is 18.2 Å². The van der Waals surface area contributed by atoms with Crippen molar-refractivity contribution in [1.82, 2.24) is 0 Å². The molecule has 0 fully saturated rings. The maximum Gasteiger partial charge on any atom is 0.339 e. The number of aromatic carboxylic acids is 4. The SMILES string of the molecule is C=Cc1ccc(CCl)cc1.C=Cc1ccc(COc2cc(C(=O)O)c(O)c(C(C)(C)C)c2)cc1.C=Cc1ccccc1.CC(C)(C)c1cc(O)cc(C(=O)O)c1O.CCC(CCC(C)c1ccc(COc2cc(C(=O)O)c(O)c(C(C)(C)C)c2)cc1)c1ccccc1.O=C(O)c1cc(O)ccc1O. The normalized spacial score (nSPS) is 11.3. The lowest BCUT2D eigenvalue weighted by Crippen LogP contribution is -2.14. The maximum atomic E-state index is 11.6. The van der Waals surface area contributed by atoms with Gasteiger partial charge in [-0.15, -0.1) is 11.6 Å². The quantitative estimate of drug-likeness (QED) is 0.0251. The lowest BCUT2D eigenvalue weighted by molar-refractivity contribution is 0.0681. The predicted molar refractivity (Wildman–Crippen MR) is 411 cm³/mol. The number of hydrogen-bond acceptors (Lipinski definition) is 12. The number of aromatic hydroxyl groups is 6. The molecule has 2 unspecified atom stereocenters. The number of rotatable bonds is 20. The summed E-state index contributed by atoms with van der Waals surface area (Å²) in [7, 11) is 0. The summed E-state index contributed by atoms with van der Waals surface area (Å²) in [6, 6.07) is 56.9. The first-order valence-electron chi connectivity index (χ1n) is 33.3. The van der Waals surface area contributed by atoms with E-state index in [0.29, 0.717) is 59.1 Å². The lowest BCUT2D eigenvalue weighted by Gasteiger charge is -2.22. The summed E-state index contributed by atoms with van der Waals surface area (Å²) >= 11 is 5.60. The van der Waals surface area contributed by atoms with Crippen LogP contribution < -0.4 is 9.47 Å². The van der Waals surface area contributed by atoms with Gasteiger partial charge in [-0.1, -0.05) is 248 Å². The van der Waals surface area contributed by atoms with E-state index in [1.807, 2.05) is 153 Å². The van der Waals surface area contributed by atoms with Crippen molar-refractivity contribution in [3.05, 3.63) is 291 Å². The van der Waals surface area contributed by atoms with Crippen LogP contribution in [-0.4, -0.2) is 74.9 Å². The Balaban J connectivity index is 0.000000285. The zero-order chi connectivity index (χ0) is 76.9. The van der Waals surface area contributed by atoms with Crippen molar-refractivity contribution >= 4 is 53.7 Å². The summed E-state index contributed by atoms with van der Waals surface area (Å²) in [6.45, 7) is 33.2. The zero-order valence-corrected chi connectivity index (χ0v) is 61.2. The molecule has 2 atom stereocenters. The standard InChI is InChI=1S/C31H38O4.C20H22O4.C11H14O4.C9H9Cl.C8H8.C7H6O4/c1-6-23(25-10-8-7-9-11-25)15-12-21(2)24-16-13-22(14-17-24)20-35-26-18-27(30(33)34)29(32)28(19-26)31(3,4)5;1-5-13-6-8-14(9-7-13)12-24-15-10-16(19(22)23)18(21)17(11-15)20(2,3)4;1-11(2,3)8-5-6(12)4-7(9(8)13)10(14)15;1-2-8-3-5-9(7-10)6-4-8;1-2-8-6-4-3-5-7-8;8-4-1-2-6(9)5(3-4)7(10)11/h7-11,13-14,16-19,21,23,32H,6,12,15,20H2,1-5H3,(H,33,34);5-11,21H,1,12H2,2-4H3,(H,22,23);4-5,12-13H,1-3H3,(H,14,15);2-6H,1,7H2;2-7H,1H2;1-3,8-9H,(H,10,11). The second-order valence-corrected chi connectivity index (χ2v) is 27.5. The van der Waals surface area contributed by atoms with Gasteiger partial charge in [-0.2, -0.15) is 0 Å². The van der Waals surface area contributed by atoms with Crippen LogP contribution in [-0.2, 0) is 35.3 Å². The Morgan fingerprint density at radius 2 is 0.777 bits per heavy atom. The number of phenols is 6. The molecule has 0 aliphatic carbocycles. The van der Waals surface area contributed by atoms with Crippen molar-refractivity contribution < 1.29 is 79.7 Å². The van der Waals surface area contributed by atoms with Gasteiger partial charge in [0.05, 0.1) is 0 Å². The van der Waals surface area contributed by atoms with Crippen LogP contribution in [0, 0.1) is 0 Å². The molecule has 0 spiro atoms. The summed E-state index contributed by atoms with van der Waals surface area (Å²) in [5.41, 5.74) is 8.57. The van der Waals surface area contributed by atoms with E-state index >= 15 is 0 Å². The fourth-order valence-corrected chi connectivity index (χ4v) is 10.4. The van der Waals surface area contributed by atoms with E-state index in [0.717, 1.165) is 65.3 Å². The molecule has 9 rings (SSSR count). The number of carbonyl (C=O) groups is 4. The highest BCUT2D eigenvalue weighted by Crippen LogP contribution is 2.40. The topological polar surface area (TPSA) is 289 Å². The van der Waals surface area contributed by atoms with E-state index in [1.165, 1.54) is 41.0 Å². The smallest absolute Gasteiger partial charge is 0.339 e. The molecule has 0 amide bonds. The molecule has 0 heterocycles. The van der Waals surface area contributed by atoms with Gasteiger partial charge in [-0.3, -0.25) is 0 Å². The van der Waals surface area contributed by atoms with Crippen LogP contribution in [0.3, 0.4) is 0 Å². The molecule has 16 nitrogen and oxygen atoms in total. The van der Waals surface area contributed by atoms with Crippen LogP contribution in [0.2, 0.25) is 0 Å². The summed E-state index contributed by atoms with van der Waals surface area (Å²) in [4.78, 5) is 44.1. The third-order valence-corrected chi connectivity index (χ3v) is 16.6. The van der Waals surface area contributed by atoms with Crippen LogP contribution >= 0.6 is 11.6 Å². The van der Waals surface area contributed by atoms with Crippen molar-refractivity contribution in [2.45, 2.75) is 143 Å². The molecule has 0 saturated carbocycles. The average Bonchev–Trinajstić information content (AvgIpc) is 0.816. The predicted octanol–water partition coefficient (Wildman–Crippen LogP) is 20.9. The van der Waals surface area contributed by atoms with E-state index in [4.69, 9.17) is 41.5 Å². The Morgan fingerprint density at radius 3 is 1.14 bits per heavy atom. The molecule has 0 radical (unpaired) electrons. The van der Waals surface area contributed by atoms with Gasteiger partial charge in [0.2, 0.25) is 0 Å². The maximum absolute atomic E-state index is 11.6. The van der Waals surface area contributed by atoms with Gasteiger partial charge in [0.25, 0.3) is 0 Å². The van der Waals surface area contributed by atoms with Crippen molar-refractivity contribution in [3.8, 4) is 46.0 Å². The molecule has 0 aliphatic rings. The summed E-state index contributed by atoms with van der Waals surface area (Å²) in [5.74, 6) is -3.77. The highest BCUT2D eigenvalue weighted by atomic mass is 35.5. The van der Waals surface area contributed by atoms with Crippen LogP contribution in [0.25, 0.3) is 18.2 Å². The number of hydrogen-bond donors (Lipinski definition) is 10. The number of carboxylic acid groups (broad SMARTS) is 4. The molecule has 0 bridgehead atoms. The molecule has 0 aliphatic heterocycles. The van der Waals surface area contributed by atoms with E-state index in [9.17, 15) is 49.8 Å². The minimum Gasteiger partial charge on any atom is -0.508 e. The van der Waals surface area contributed by atoms with Gasteiger partial charge < -0.3 is 60.5 Å². The van der Waals surface area contributed by atoms with Crippen molar-refractivity contribution in [2.24, 2.45) is 0 Å². The Morgan fingerprint density at radius 1 is 0.417 bits per heavy atom. The van der Waals surface area contributed by atoms with Crippen LogP contribution in [0.5, 0.6) is 46.0 Å². The monoisotopic (exact) mass is 1420 g/mol. The molecule has 9 aromatic carbocycles.